The van der Waals surface area contributed by atoms with Gasteiger partial charge in [0, 0.05) is 17.6 Å². The Balaban J connectivity index is 1.72. The largest absolute Gasteiger partial charge is 0.366 e. The number of thiophene rings is 1. The number of piperidine rings is 1. The lowest BCUT2D eigenvalue weighted by Crippen LogP contribution is -2.61. The zero-order valence-corrected chi connectivity index (χ0v) is 12.5. The van der Waals surface area contributed by atoms with Crippen molar-refractivity contribution in [3.63, 3.8) is 0 Å². The van der Waals surface area contributed by atoms with E-state index in [1.54, 1.807) is 4.90 Å². The average molecular weight is 345 g/mol. The summed E-state index contributed by atoms with van der Waals surface area (Å²) in [5.41, 5.74) is 0. The third-order valence-corrected chi connectivity index (χ3v) is 5.25. The first-order chi connectivity index (χ1) is 9.15. The molecule has 2 atom stereocenters. The summed E-state index contributed by atoms with van der Waals surface area (Å²) in [4.78, 5) is 26.2. The predicted molar refractivity (Wildman–Crippen MR) is 74.2 cm³/mol. The van der Waals surface area contributed by atoms with Crippen molar-refractivity contribution in [3.8, 4) is 0 Å². The third kappa shape index (κ3) is 2.54. The number of carbonyl (C=O) groups is 2. The van der Waals surface area contributed by atoms with Gasteiger partial charge in [-0.3, -0.25) is 9.59 Å². The highest BCUT2D eigenvalue weighted by atomic mass is 79.9. The molecule has 102 valence electrons. The van der Waals surface area contributed by atoms with E-state index < -0.39 is 0 Å². The van der Waals surface area contributed by atoms with Crippen LogP contribution in [0.5, 0.6) is 0 Å². The van der Waals surface area contributed by atoms with E-state index in [4.69, 9.17) is 4.74 Å². The van der Waals surface area contributed by atoms with Gasteiger partial charge in [0.15, 0.2) is 0 Å². The summed E-state index contributed by atoms with van der Waals surface area (Å²) in [7, 11) is 0. The Morgan fingerprint density at radius 1 is 1.58 bits per heavy atom. The van der Waals surface area contributed by atoms with Crippen LogP contribution in [0.25, 0.3) is 0 Å². The number of morpholine rings is 1. The van der Waals surface area contributed by atoms with Crippen molar-refractivity contribution in [2.45, 2.75) is 18.6 Å². The van der Waals surface area contributed by atoms with E-state index in [9.17, 15) is 9.59 Å². The predicted octanol–water partition coefficient (Wildman–Crippen LogP) is 1.24. The van der Waals surface area contributed by atoms with E-state index in [-0.39, 0.29) is 30.6 Å². The fourth-order valence-electron chi connectivity index (χ4n) is 2.47. The molecule has 0 aromatic carbocycles. The molecule has 1 N–H and O–H groups in total. The van der Waals surface area contributed by atoms with Crippen LogP contribution < -0.4 is 5.32 Å². The molecule has 0 spiro atoms. The van der Waals surface area contributed by atoms with Crippen molar-refractivity contribution in [3.05, 3.63) is 20.8 Å². The molecule has 0 bridgehead atoms. The van der Waals surface area contributed by atoms with Crippen LogP contribution in [0.3, 0.4) is 0 Å². The van der Waals surface area contributed by atoms with Gasteiger partial charge in [-0.1, -0.05) is 0 Å². The lowest BCUT2D eigenvalue weighted by Gasteiger charge is -2.40. The fourth-order valence-corrected chi connectivity index (χ4v) is 3.98. The first kappa shape index (κ1) is 13.1. The van der Waals surface area contributed by atoms with Crippen molar-refractivity contribution in [2.24, 2.45) is 0 Å². The van der Waals surface area contributed by atoms with Gasteiger partial charge >= 0.3 is 0 Å². The molecular formula is C12H13BrN2O3S. The number of fused-ring (bicyclic) bond motifs is 1. The maximum absolute atomic E-state index is 12.4. The first-order valence-electron chi connectivity index (χ1n) is 6.08. The molecule has 5 nitrogen and oxygen atoms in total. The van der Waals surface area contributed by atoms with Gasteiger partial charge < -0.3 is 15.0 Å². The number of amides is 2. The van der Waals surface area contributed by atoms with Crippen LogP contribution in [0, 0.1) is 0 Å². The van der Waals surface area contributed by atoms with Crippen LogP contribution in [-0.4, -0.2) is 48.6 Å². The highest BCUT2D eigenvalue weighted by molar-refractivity contribution is 9.10. The van der Waals surface area contributed by atoms with Crippen LogP contribution in [0.15, 0.2) is 15.9 Å². The van der Waals surface area contributed by atoms with Crippen LogP contribution in [0.4, 0.5) is 0 Å². The van der Waals surface area contributed by atoms with Gasteiger partial charge in [0.2, 0.25) is 5.91 Å². The lowest BCUT2D eigenvalue weighted by atomic mass is 10.0. The Hall–Kier alpha value is -0.920. The lowest BCUT2D eigenvalue weighted by molar-refractivity contribution is -0.139. The minimum absolute atomic E-state index is 0.0140. The molecule has 2 aliphatic rings. The molecule has 2 fully saturated rings. The third-order valence-electron chi connectivity index (χ3n) is 3.42. The van der Waals surface area contributed by atoms with Crippen LogP contribution in [0.2, 0.25) is 0 Å². The van der Waals surface area contributed by atoms with Gasteiger partial charge in [0.05, 0.1) is 12.1 Å². The second kappa shape index (κ2) is 5.22. The molecule has 3 rings (SSSR count). The molecule has 0 radical (unpaired) electrons. The molecule has 0 aliphatic carbocycles. The topological polar surface area (TPSA) is 58.6 Å². The number of carbonyl (C=O) groups excluding carboxylic acids is 2. The molecule has 2 saturated heterocycles. The molecule has 1 aromatic heterocycles. The van der Waals surface area contributed by atoms with E-state index >= 15 is 0 Å². The minimum atomic E-state index is -0.104. The normalized spacial score (nSPS) is 26.8. The molecular weight excluding hydrogens is 332 g/mol. The molecule has 2 aliphatic heterocycles. The molecule has 3 heterocycles. The van der Waals surface area contributed by atoms with Crippen molar-refractivity contribution in [1.82, 2.24) is 10.2 Å². The summed E-state index contributed by atoms with van der Waals surface area (Å²) in [5, 5.41) is 4.78. The maximum atomic E-state index is 12.4. The van der Waals surface area contributed by atoms with Gasteiger partial charge in [0.1, 0.15) is 11.5 Å². The van der Waals surface area contributed by atoms with Crippen LogP contribution >= 0.6 is 27.3 Å². The monoisotopic (exact) mass is 344 g/mol. The SMILES string of the molecule is O=C1COC2CCN(C(=O)c3sccc3Br)CC2N1. The Morgan fingerprint density at radius 3 is 3.16 bits per heavy atom. The van der Waals surface area contributed by atoms with Crippen molar-refractivity contribution in [1.29, 1.82) is 0 Å². The number of rotatable bonds is 1. The smallest absolute Gasteiger partial charge is 0.265 e. The van der Waals surface area contributed by atoms with E-state index in [0.717, 1.165) is 10.9 Å². The van der Waals surface area contributed by atoms with Gasteiger partial charge in [0.25, 0.3) is 5.91 Å². The van der Waals surface area contributed by atoms with E-state index in [1.807, 2.05) is 11.4 Å². The number of hydrogen-bond donors (Lipinski definition) is 1. The Morgan fingerprint density at radius 2 is 2.42 bits per heavy atom. The van der Waals surface area contributed by atoms with Crippen LogP contribution in [0.1, 0.15) is 16.1 Å². The highest BCUT2D eigenvalue weighted by Crippen LogP contribution is 2.26. The summed E-state index contributed by atoms with van der Waals surface area (Å²) in [6.45, 7) is 1.31. The zero-order chi connectivity index (χ0) is 13.4. The molecule has 2 unspecified atom stereocenters. The zero-order valence-electron chi connectivity index (χ0n) is 10.1. The van der Waals surface area contributed by atoms with Crippen molar-refractivity contribution >= 4 is 39.1 Å². The quantitative estimate of drug-likeness (QED) is 0.833. The standard InChI is InChI=1S/C12H13BrN2O3S/c13-7-2-4-19-11(7)12(17)15-3-1-9-8(5-15)14-10(16)6-18-9/h2,4,8-9H,1,3,5-6H2,(H,14,16). The average Bonchev–Trinajstić information content (AvgIpc) is 2.83. The molecule has 1 aromatic rings. The minimum Gasteiger partial charge on any atom is -0.366 e. The number of likely N-dealkylation sites (tertiary alicyclic amines) is 1. The van der Waals surface area contributed by atoms with Gasteiger partial charge in [-0.25, -0.2) is 0 Å². The van der Waals surface area contributed by atoms with Crippen LogP contribution in [-0.2, 0) is 9.53 Å². The Labute approximate surface area is 123 Å². The summed E-state index contributed by atoms with van der Waals surface area (Å²) < 4.78 is 6.31. The van der Waals surface area contributed by atoms with Gasteiger partial charge in [-0.05, 0) is 33.8 Å². The van der Waals surface area contributed by atoms with Gasteiger partial charge in [-0.2, -0.15) is 0 Å². The highest BCUT2D eigenvalue weighted by Gasteiger charge is 2.36. The van der Waals surface area contributed by atoms with E-state index in [1.165, 1.54) is 11.3 Å². The second-order valence-electron chi connectivity index (χ2n) is 4.66. The first-order valence-corrected chi connectivity index (χ1v) is 7.75. The number of halogens is 1. The van der Waals surface area contributed by atoms with E-state index in [0.29, 0.717) is 18.0 Å². The molecule has 2 amide bonds. The van der Waals surface area contributed by atoms with Crippen molar-refractivity contribution < 1.29 is 14.3 Å². The number of ether oxygens (including phenoxy) is 1. The van der Waals surface area contributed by atoms with Crippen molar-refractivity contribution in [2.75, 3.05) is 19.7 Å². The molecule has 7 heteroatoms. The maximum Gasteiger partial charge on any atom is 0.265 e. The summed E-state index contributed by atoms with van der Waals surface area (Å²) in [5.74, 6) is -0.0898. The molecule has 0 saturated carbocycles. The Kier molecular flexibility index (Phi) is 3.60. The molecule has 19 heavy (non-hydrogen) atoms. The second-order valence-corrected chi connectivity index (χ2v) is 6.43. The number of hydrogen-bond acceptors (Lipinski definition) is 4. The van der Waals surface area contributed by atoms with E-state index in [2.05, 4.69) is 21.2 Å². The number of nitrogens with zero attached hydrogens (tertiary/aromatic N) is 1. The summed E-state index contributed by atoms with van der Waals surface area (Å²) >= 11 is 4.80. The van der Waals surface area contributed by atoms with Gasteiger partial charge in [-0.15, -0.1) is 11.3 Å². The summed E-state index contributed by atoms with van der Waals surface area (Å²) in [6, 6.07) is 1.79. The summed E-state index contributed by atoms with van der Waals surface area (Å²) in [6.07, 6.45) is 0.799. The Bertz CT molecular complexity index is 519. The fraction of sp³-hybridized carbons (Fsp3) is 0.500. The number of nitrogens with one attached hydrogen (secondary N) is 1.